The summed E-state index contributed by atoms with van der Waals surface area (Å²) < 4.78 is 0. The molecule has 0 heterocycles. The Balaban J connectivity index is 2.79. The van der Waals surface area contributed by atoms with E-state index >= 15 is 0 Å². The van der Waals surface area contributed by atoms with Crippen LogP contribution < -0.4 is 11.1 Å². The van der Waals surface area contributed by atoms with Crippen LogP contribution in [0, 0.1) is 0 Å². The molecule has 0 fully saturated rings. The summed E-state index contributed by atoms with van der Waals surface area (Å²) in [7, 11) is 0. The van der Waals surface area contributed by atoms with Crippen molar-refractivity contribution in [3.63, 3.8) is 0 Å². The Kier molecular flexibility index (Phi) is 5.65. The number of benzene rings is 1. The highest BCUT2D eigenvalue weighted by atomic mass is 35.5. The maximum atomic E-state index is 11.9. The van der Waals surface area contributed by atoms with Gasteiger partial charge in [0.05, 0.1) is 22.2 Å². The molecule has 0 saturated carbocycles. The summed E-state index contributed by atoms with van der Waals surface area (Å²) >= 11 is 16.6. The number of hydrogen-bond acceptors (Lipinski definition) is 2. The number of nitrogens with one attached hydrogen (secondary N) is 1. The molecule has 0 unspecified atom stereocenters. The molecule has 1 rings (SSSR count). The van der Waals surface area contributed by atoms with Gasteiger partial charge in [-0.2, -0.15) is 0 Å². The predicted octanol–water partition coefficient (Wildman–Crippen LogP) is 3.13. The van der Waals surface area contributed by atoms with Gasteiger partial charge in [0.15, 0.2) is 0 Å². The number of halogens is 2. The fourth-order valence-electron chi connectivity index (χ4n) is 1.30. The molecule has 1 aromatic rings. The lowest BCUT2D eigenvalue weighted by atomic mass is 10.3. The molecule has 4 nitrogen and oxygen atoms in total. The molecule has 0 saturated heterocycles. The quantitative estimate of drug-likeness (QED) is 0.840. The SMILES string of the molecule is CCN(CC(N)=S)C(=O)Nc1cc(Cl)ccc1Cl. The Labute approximate surface area is 121 Å². The fourth-order valence-corrected chi connectivity index (χ4v) is 1.80. The molecule has 1 aromatic carbocycles. The third kappa shape index (κ3) is 4.33. The van der Waals surface area contributed by atoms with Crippen molar-refractivity contribution >= 4 is 52.1 Å². The van der Waals surface area contributed by atoms with Crippen molar-refractivity contribution < 1.29 is 4.79 Å². The number of nitrogens with two attached hydrogens (primary N) is 1. The zero-order valence-corrected chi connectivity index (χ0v) is 12.1. The number of urea groups is 1. The van der Waals surface area contributed by atoms with Crippen LogP contribution in [0.4, 0.5) is 10.5 Å². The lowest BCUT2D eigenvalue weighted by Crippen LogP contribution is -2.40. The highest BCUT2D eigenvalue weighted by Gasteiger charge is 2.14. The molecule has 2 amide bonds. The van der Waals surface area contributed by atoms with Gasteiger partial charge in [-0.25, -0.2) is 4.79 Å². The minimum absolute atomic E-state index is 0.218. The number of carbonyl (C=O) groups is 1. The van der Waals surface area contributed by atoms with E-state index in [0.717, 1.165) is 0 Å². The van der Waals surface area contributed by atoms with Gasteiger partial charge in [0.2, 0.25) is 0 Å². The summed E-state index contributed by atoms with van der Waals surface area (Å²) in [6, 6.07) is 4.51. The zero-order chi connectivity index (χ0) is 13.7. The van der Waals surface area contributed by atoms with Gasteiger partial charge in [-0.15, -0.1) is 0 Å². The van der Waals surface area contributed by atoms with Crippen molar-refractivity contribution in [1.82, 2.24) is 4.90 Å². The van der Waals surface area contributed by atoms with Crippen LogP contribution in [0.5, 0.6) is 0 Å². The van der Waals surface area contributed by atoms with Gasteiger partial charge in [0, 0.05) is 11.6 Å². The van der Waals surface area contributed by atoms with E-state index in [0.29, 0.717) is 22.3 Å². The smallest absolute Gasteiger partial charge is 0.322 e. The number of nitrogens with zero attached hydrogens (tertiary/aromatic N) is 1. The molecule has 0 spiro atoms. The van der Waals surface area contributed by atoms with Crippen molar-refractivity contribution in [2.75, 3.05) is 18.4 Å². The topological polar surface area (TPSA) is 58.4 Å². The summed E-state index contributed by atoms with van der Waals surface area (Å²) in [4.78, 5) is 13.7. The standard InChI is InChI=1S/C11H13Cl2N3OS/c1-2-16(6-10(14)18)11(17)15-9-5-7(12)3-4-8(9)13/h3-5H,2,6H2,1H3,(H2,14,18)(H,15,17). The van der Waals surface area contributed by atoms with E-state index in [1.54, 1.807) is 18.2 Å². The van der Waals surface area contributed by atoms with Crippen molar-refractivity contribution in [3.8, 4) is 0 Å². The average Bonchev–Trinajstić information content (AvgIpc) is 2.30. The van der Waals surface area contributed by atoms with Crippen LogP contribution in [0.15, 0.2) is 18.2 Å². The molecule has 7 heteroatoms. The first-order valence-electron chi connectivity index (χ1n) is 5.23. The molecule has 18 heavy (non-hydrogen) atoms. The van der Waals surface area contributed by atoms with Crippen LogP contribution in [0.25, 0.3) is 0 Å². The van der Waals surface area contributed by atoms with Crippen LogP contribution in [0.2, 0.25) is 10.0 Å². The van der Waals surface area contributed by atoms with Gasteiger partial charge in [-0.3, -0.25) is 0 Å². The third-order valence-corrected chi connectivity index (χ3v) is 2.88. The molecule has 98 valence electrons. The number of rotatable bonds is 4. The van der Waals surface area contributed by atoms with Crippen molar-refractivity contribution in [3.05, 3.63) is 28.2 Å². The summed E-state index contributed by atoms with van der Waals surface area (Å²) in [6.07, 6.45) is 0. The zero-order valence-electron chi connectivity index (χ0n) is 9.74. The molecule has 0 bridgehead atoms. The van der Waals surface area contributed by atoms with Crippen LogP contribution in [-0.2, 0) is 0 Å². The summed E-state index contributed by atoms with van der Waals surface area (Å²) in [6.45, 7) is 2.54. The van der Waals surface area contributed by atoms with Gasteiger partial charge in [-0.05, 0) is 25.1 Å². The van der Waals surface area contributed by atoms with Gasteiger partial charge in [0.25, 0.3) is 0 Å². The van der Waals surface area contributed by atoms with Crippen LogP contribution in [0.3, 0.4) is 0 Å². The summed E-state index contributed by atoms with van der Waals surface area (Å²) in [5, 5.41) is 3.57. The van der Waals surface area contributed by atoms with Crippen molar-refractivity contribution in [2.24, 2.45) is 5.73 Å². The Morgan fingerprint density at radius 3 is 2.72 bits per heavy atom. The minimum Gasteiger partial charge on any atom is -0.392 e. The van der Waals surface area contributed by atoms with E-state index in [1.165, 1.54) is 4.90 Å². The first-order chi connectivity index (χ1) is 8.43. The van der Waals surface area contributed by atoms with E-state index in [-0.39, 0.29) is 17.6 Å². The number of thiocarbonyl (C=S) groups is 1. The number of amides is 2. The van der Waals surface area contributed by atoms with Crippen molar-refractivity contribution in [1.29, 1.82) is 0 Å². The first kappa shape index (κ1) is 15.0. The molecular formula is C11H13Cl2N3OS. The number of carbonyl (C=O) groups excluding carboxylic acids is 1. The minimum atomic E-state index is -0.325. The van der Waals surface area contributed by atoms with Crippen LogP contribution in [0.1, 0.15) is 6.92 Å². The number of hydrogen-bond donors (Lipinski definition) is 2. The highest BCUT2D eigenvalue weighted by Crippen LogP contribution is 2.25. The van der Waals surface area contributed by atoms with Gasteiger partial charge < -0.3 is 16.0 Å². The molecule has 0 atom stereocenters. The Hall–Kier alpha value is -1.04. The van der Waals surface area contributed by atoms with Crippen LogP contribution in [-0.4, -0.2) is 29.0 Å². The van der Waals surface area contributed by atoms with E-state index < -0.39 is 0 Å². The predicted molar refractivity (Wildman–Crippen MR) is 79.5 cm³/mol. The largest absolute Gasteiger partial charge is 0.392 e. The van der Waals surface area contributed by atoms with Crippen molar-refractivity contribution in [2.45, 2.75) is 6.92 Å². The molecule has 3 N–H and O–H groups in total. The molecule has 0 aromatic heterocycles. The molecule has 0 aliphatic rings. The van der Waals surface area contributed by atoms with E-state index in [4.69, 9.17) is 41.2 Å². The second-order valence-electron chi connectivity index (χ2n) is 3.53. The summed E-state index contributed by atoms with van der Waals surface area (Å²) in [5.41, 5.74) is 5.87. The average molecular weight is 306 g/mol. The van der Waals surface area contributed by atoms with E-state index in [9.17, 15) is 4.79 Å². The lowest BCUT2D eigenvalue weighted by molar-refractivity contribution is 0.221. The Morgan fingerprint density at radius 2 is 2.17 bits per heavy atom. The second kappa shape index (κ2) is 6.78. The Bertz CT molecular complexity index is 468. The van der Waals surface area contributed by atoms with Gasteiger partial charge in [0.1, 0.15) is 0 Å². The normalized spacial score (nSPS) is 9.94. The van der Waals surface area contributed by atoms with Crippen LogP contribution >= 0.6 is 35.4 Å². The number of anilines is 1. The lowest BCUT2D eigenvalue weighted by Gasteiger charge is -2.21. The maximum absolute atomic E-state index is 11.9. The van der Waals surface area contributed by atoms with Gasteiger partial charge >= 0.3 is 6.03 Å². The molecule has 0 aliphatic carbocycles. The number of likely N-dealkylation sites (N-methyl/N-ethyl adjacent to an activating group) is 1. The maximum Gasteiger partial charge on any atom is 0.322 e. The fraction of sp³-hybridized carbons (Fsp3) is 0.273. The second-order valence-corrected chi connectivity index (χ2v) is 4.90. The molecule has 0 aliphatic heterocycles. The molecular weight excluding hydrogens is 293 g/mol. The third-order valence-electron chi connectivity index (χ3n) is 2.19. The molecule has 0 radical (unpaired) electrons. The summed E-state index contributed by atoms with van der Waals surface area (Å²) in [5.74, 6) is 0. The van der Waals surface area contributed by atoms with Gasteiger partial charge in [-0.1, -0.05) is 35.4 Å². The highest BCUT2D eigenvalue weighted by molar-refractivity contribution is 7.80. The van der Waals surface area contributed by atoms with E-state index in [2.05, 4.69) is 5.32 Å². The van der Waals surface area contributed by atoms with E-state index in [1.807, 2.05) is 6.92 Å². The monoisotopic (exact) mass is 305 g/mol. The first-order valence-corrected chi connectivity index (χ1v) is 6.39. The Morgan fingerprint density at radius 1 is 1.50 bits per heavy atom.